The second-order valence-corrected chi connectivity index (χ2v) is 5.58. The van der Waals surface area contributed by atoms with Gasteiger partial charge >= 0.3 is 0 Å². The zero-order valence-corrected chi connectivity index (χ0v) is 12.6. The van der Waals surface area contributed by atoms with Gasteiger partial charge in [-0.05, 0) is 51.8 Å². The van der Waals surface area contributed by atoms with Crippen molar-refractivity contribution in [2.75, 3.05) is 24.5 Å². The lowest BCUT2D eigenvalue weighted by atomic mass is 10.0. The van der Waals surface area contributed by atoms with Gasteiger partial charge in [-0.25, -0.2) is 0 Å². The molecule has 102 valence electrons. The molecule has 0 aliphatic heterocycles. The van der Waals surface area contributed by atoms with Crippen LogP contribution in [0.5, 0.6) is 0 Å². The first kappa shape index (κ1) is 15.0. The third-order valence-corrected chi connectivity index (χ3v) is 3.62. The molecule has 1 aromatic carbocycles. The van der Waals surface area contributed by atoms with Crippen molar-refractivity contribution in [3.05, 3.63) is 29.8 Å². The summed E-state index contributed by atoms with van der Waals surface area (Å²) in [7, 11) is 0. The van der Waals surface area contributed by atoms with Crippen LogP contribution in [-0.2, 0) is 0 Å². The average Bonchev–Trinajstić information content (AvgIpc) is 2.34. The minimum atomic E-state index is 0.242. The maximum Gasteiger partial charge on any atom is 0.0369 e. The van der Waals surface area contributed by atoms with Crippen LogP contribution in [-0.4, -0.2) is 25.2 Å². The summed E-state index contributed by atoms with van der Waals surface area (Å²) in [5.41, 5.74) is 2.90. The van der Waals surface area contributed by atoms with Gasteiger partial charge in [-0.2, -0.15) is 0 Å². The average molecular weight is 248 g/mol. The number of aryl methyl sites for hydroxylation is 1. The van der Waals surface area contributed by atoms with Crippen LogP contribution in [0.25, 0.3) is 0 Å². The molecule has 0 aliphatic rings. The van der Waals surface area contributed by atoms with E-state index in [9.17, 15) is 0 Å². The molecule has 0 saturated heterocycles. The van der Waals surface area contributed by atoms with E-state index in [1.807, 2.05) is 0 Å². The number of hydrogen-bond donors (Lipinski definition) is 1. The van der Waals surface area contributed by atoms with Gasteiger partial charge in [0.2, 0.25) is 0 Å². The van der Waals surface area contributed by atoms with E-state index in [0.717, 1.165) is 26.1 Å². The van der Waals surface area contributed by atoms with Crippen LogP contribution in [0.2, 0.25) is 0 Å². The molecular formula is C16H28N2. The fraction of sp³-hybridized carbons (Fsp3) is 0.625. The maximum absolute atomic E-state index is 3.62. The van der Waals surface area contributed by atoms with Crippen molar-refractivity contribution in [3.8, 4) is 0 Å². The molecule has 2 nitrogen and oxygen atoms in total. The highest BCUT2D eigenvalue weighted by Gasteiger charge is 2.13. The standard InChI is InChI=1S/C16H28N2/c1-6-16(4,5)17-11-12-18(7-2)15-10-8-9-14(3)13-15/h8-10,13,17H,6-7,11-12H2,1-5H3. The first-order valence-electron chi connectivity index (χ1n) is 7.05. The van der Waals surface area contributed by atoms with Crippen molar-refractivity contribution < 1.29 is 0 Å². The number of anilines is 1. The SMILES string of the molecule is CCN(CCNC(C)(C)CC)c1cccc(C)c1. The van der Waals surface area contributed by atoms with Gasteiger partial charge in [0, 0.05) is 30.9 Å². The smallest absolute Gasteiger partial charge is 0.0369 e. The quantitative estimate of drug-likeness (QED) is 0.793. The van der Waals surface area contributed by atoms with Gasteiger partial charge in [0.1, 0.15) is 0 Å². The van der Waals surface area contributed by atoms with Gasteiger partial charge in [-0.1, -0.05) is 19.1 Å². The van der Waals surface area contributed by atoms with Crippen LogP contribution in [0.1, 0.15) is 39.7 Å². The lowest BCUT2D eigenvalue weighted by Gasteiger charge is -2.28. The number of nitrogens with zero attached hydrogens (tertiary/aromatic N) is 1. The van der Waals surface area contributed by atoms with Gasteiger partial charge in [-0.3, -0.25) is 0 Å². The monoisotopic (exact) mass is 248 g/mol. The Kier molecular flexibility index (Phi) is 5.67. The van der Waals surface area contributed by atoms with E-state index in [4.69, 9.17) is 0 Å². The Hall–Kier alpha value is -1.02. The van der Waals surface area contributed by atoms with Crippen LogP contribution in [0.4, 0.5) is 5.69 Å². The lowest BCUT2D eigenvalue weighted by molar-refractivity contribution is 0.380. The second kappa shape index (κ2) is 6.79. The number of rotatable bonds is 7. The number of benzene rings is 1. The van der Waals surface area contributed by atoms with Crippen LogP contribution in [0.3, 0.4) is 0 Å². The van der Waals surface area contributed by atoms with Gasteiger partial charge in [-0.15, -0.1) is 0 Å². The van der Waals surface area contributed by atoms with Crippen molar-refractivity contribution >= 4 is 5.69 Å². The van der Waals surface area contributed by atoms with Gasteiger partial charge in [0.05, 0.1) is 0 Å². The predicted octanol–water partition coefficient (Wildman–Crippen LogP) is 3.60. The van der Waals surface area contributed by atoms with E-state index < -0.39 is 0 Å². The van der Waals surface area contributed by atoms with Crippen molar-refractivity contribution in [2.24, 2.45) is 0 Å². The van der Waals surface area contributed by atoms with E-state index in [2.05, 4.69) is 69.1 Å². The fourth-order valence-electron chi connectivity index (χ4n) is 1.95. The largest absolute Gasteiger partial charge is 0.371 e. The molecule has 0 spiro atoms. The van der Waals surface area contributed by atoms with E-state index in [1.54, 1.807) is 0 Å². The molecule has 0 saturated carbocycles. The molecule has 0 fully saturated rings. The Bertz CT molecular complexity index is 358. The number of nitrogens with one attached hydrogen (secondary N) is 1. The summed E-state index contributed by atoms with van der Waals surface area (Å²) < 4.78 is 0. The molecule has 0 amide bonds. The van der Waals surface area contributed by atoms with E-state index in [-0.39, 0.29) is 5.54 Å². The molecule has 1 N–H and O–H groups in total. The molecule has 1 rings (SSSR count). The summed E-state index contributed by atoms with van der Waals surface area (Å²) in [4.78, 5) is 2.42. The Morgan fingerprint density at radius 3 is 2.50 bits per heavy atom. The van der Waals surface area contributed by atoms with Crippen molar-refractivity contribution in [1.82, 2.24) is 5.32 Å². The molecule has 18 heavy (non-hydrogen) atoms. The van der Waals surface area contributed by atoms with Crippen LogP contribution >= 0.6 is 0 Å². The maximum atomic E-state index is 3.62. The first-order valence-corrected chi connectivity index (χ1v) is 7.05. The highest BCUT2D eigenvalue weighted by Crippen LogP contribution is 2.15. The van der Waals surface area contributed by atoms with E-state index >= 15 is 0 Å². The fourth-order valence-corrected chi connectivity index (χ4v) is 1.95. The zero-order valence-electron chi connectivity index (χ0n) is 12.6. The molecular weight excluding hydrogens is 220 g/mol. The molecule has 0 bridgehead atoms. The van der Waals surface area contributed by atoms with E-state index in [0.29, 0.717) is 0 Å². The summed E-state index contributed by atoms with van der Waals surface area (Å²) in [5, 5.41) is 3.62. The van der Waals surface area contributed by atoms with Crippen LogP contribution in [0.15, 0.2) is 24.3 Å². The summed E-state index contributed by atoms with van der Waals surface area (Å²) >= 11 is 0. The topological polar surface area (TPSA) is 15.3 Å². The van der Waals surface area contributed by atoms with Gasteiger partial charge in [0.25, 0.3) is 0 Å². The Labute approximate surface area is 112 Å². The Balaban J connectivity index is 2.53. The highest BCUT2D eigenvalue weighted by atomic mass is 15.1. The lowest BCUT2D eigenvalue weighted by Crippen LogP contribution is -2.43. The van der Waals surface area contributed by atoms with Crippen molar-refractivity contribution in [2.45, 2.75) is 46.6 Å². The zero-order chi connectivity index (χ0) is 13.6. The molecule has 0 heterocycles. The minimum absolute atomic E-state index is 0.242. The third-order valence-electron chi connectivity index (χ3n) is 3.62. The number of hydrogen-bond acceptors (Lipinski definition) is 2. The van der Waals surface area contributed by atoms with Crippen molar-refractivity contribution in [1.29, 1.82) is 0 Å². The summed E-state index contributed by atoms with van der Waals surface area (Å²) in [5.74, 6) is 0. The Morgan fingerprint density at radius 2 is 1.94 bits per heavy atom. The number of likely N-dealkylation sites (N-methyl/N-ethyl adjacent to an activating group) is 1. The molecule has 0 aliphatic carbocycles. The second-order valence-electron chi connectivity index (χ2n) is 5.58. The molecule has 2 heteroatoms. The molecule has 0 aromatic heterocycles. The summed E-state index contributed by atoms with van der Waals surface area (Å²) in [6.45, 7) is 14.3. The summed E-state index contributed by atoms with van der Waals surface area (Å²) in [6, 6.07) is 8.74. The first-order chi connectivity index (χ1) is 8.48. The molecule has 0 radical (unpaired) electrons. The molecule has 0 unspecified atom stereocenters. The van der Waals surface area contributed by atoms with Gasteiger partial charge in [0.15, 0.2) is 0 Å². The van der Waals surface area contributed by atoms with Crippen LogP contribution in [0, 0.1) is 6.92 Å². The third kappa shape index (κ3) is 4.69. The minimum Gasteiger partial charge on any atom is -0.371 e. The molecule has 0 atom stereocenters. The van der Waals surface area contributed by atoms with Crippen LogP contribution < -0.4 is 10.2 Å². The Morgan fingerprint density at radius 1 is 1.22 bits per heavy atom. The molecule has 1 aromatic rings. The predicted molar refractivity (Wildman–Crippen MR) is 81.4 cm³/mol. The normalized spacial score (nSPS) is 11.6. The summed E-state index contributed by atoms with van der Waals surface area (Å²) in [6.07, 6.45) is 1.16. The van der Waals surface area contributed by atoms with E-state index in [1.165, 1.54) is 11.3 Å². The van der Waals surface area contributed by atoms with Gasteiger partial charge < -0.3 is 10.2 Å². The van der Waals surface area contributed by atoms with Crippen molar-refractivity contribution in [3.63, 3.8) is 0 Å². The highest BCUT2D eigenvalue weighted by molar-refractivity contribution is 5.48.